The summed E-state index contributed by atoms with van der Waals surface area (Å²) < 4.78 is 12.6. The van der Waals surface area contributed by atoms with Gasteiger partial charge in [0.2, 0.25) is 0 Å². The van der Waals surface area contributed by atoms with Gasteiger partial charge in [0.1, 0.15) is 28.0 Å². The summed E-state index contributed by atoms with van der Waals surface area (Å²) in [6.07, 6.45) is 0. The number of hydrogen-bond donors (Lipinski definition) is 0. The van der Waals surface area contributed by atoms with E-state index in [9.17, 15) is 0 Å². The van der Waals surface area contributed by atoms with Crippen LogP contribution in [0, 0.1) is 0 Å². The van der Waals surface area contributed by atoms with Gasteiger partial charge in [-0.3, -0.25) is 0 Å². The van der Waals surface area contributed by atoms with Crippen molar-refractivity contribution < 1.29 is 8.83 Å². The summed E-state index contributed by atoms with van der Waals surface area (Å²) in [5, 5.41) is 7.96. The van der Waals surface area contributed by atoms with Gasteiger partial charge in [-0.15, -0.1) is 0 Å². The Bertz CT molecular complexity index is 2430. The Morgan fingerprint density at radius 3 is 2.10 bits per heavy atom. The van der Waals surface area contributed by atoms with Crippen LogP contribution in [0.15, 0.2) is 130 Å². The normalized spacial score (nSPS) is 12.0. The van der Waals surface area contributed by atoms with E-state index in [1.54, 1.807) is 0 Å². The lowest BCUT2D eigenvalue weighted by atomic mass is 9.97. The Balaban J connectivity index is 1.37. The van der Waals surface area contributed by atoms with Crippen molar-refractivity contribution in [1.82, 2.24) is 9.97 Å². The maximum atomic E-state index is 6.35. The fourth-order valence-electron chi connectivity index (χ4n) is 6.01. The van der Waals surface area contributed by atoms with Gasteiger partial charge in [-0.2, -0.15) is 0 Å². The van der Waals surface area contributed by atoms with E-state index in [1.165, 1.54) is 21.5 Å². The number of furan rings is 2. The predicted molar refractivity (Wildman–Crippen MR) is 162 cm³/mol. The van der Waals surface area contributed by atoms with Gasteiger partial charge in [0.05, 0.1) is 0 Å². The SMILES string of the molecule is c1ccc(-c2nc(-c3ccc4oc5ccc6ccc7ccccc7c6c5c4c3)nc3c2oc2ccccc23)cc1. The molecular formula is C36H20N2O2. The molecule has 4 nitrogen and oxygen atoms in total. The summed E-state index contributed by atoms with van der Waals surface area (Å²) in [7, 11) is 0. The lowest BCUT2D eigenvalue weighted by molar-refractivity contribution is 0.667. The third kappa shape index (κ3) is 3.01. The molecule has 4 heteroatoms. The number of aromatic nitrogens is 2. The van der Waals surface area contributed by atoms with Gasteiger partial charge in [-0.1, -0.05) is 84.9 Å². The molecule has 0 spiro atoms. The molecule has 0 amide bonds. The molecule has 6 aromatic carbocycles. The van der Waals surface area contributed by atoms with E-state index in [1.807, 2.05) is 48.5 Å². The zero-order valence-corrected chi connectivity index (χ0v) is 21.3. The molecular weight excluding hydrogens is 492 g/mol. The fourth-order valence-corrected chi connectivity index (χ4v) is 6.01. The van der Waals surface area contributed by atoms with Crippen LogP contribution in [0.2, 0.25) is 0 Å². The first-order chi connectivity index (χ1) is 19.8. The quantitative estimate of drug-likeness (QED) is 0.216. The molecule has 0 N–H and O–H groups in total. The van der Waals surface area contributed by atoms with Gasteiger partial charge in [0.15, 0.2) is 11.4 Å². The second kappa shape index (κ2) is 8.01. The minimum absolute atomic E-state index is 0.652. The lowest BCUT2D eigenvalue weighted by Gasteiger charge is -2.07. The maximum Gasteiger partial charge on any atom is 0.180 e. The van der Waals surface area contributed by atoms with Gasteiger partial charge in [-0.25, -0.2) is 9.97 Å². The fraction of sp³-hybridized carbons (Fsp3) is 0. The number of fused-ring (bicyclic) bond motifs is 10. The number of benzene rings is 6. The molecule has 3 aromatic heterocycles. The summed E-state index contributed by atoms with van der Waals surface area (Å²) >= 11 is 0. The molecule has 0 aliphatic heterocycles. The molecule has 0 aliphatic rings. The zero-order chi connectivity index (χ0) is 26.2. The number of hydrogen-bond acceptors (Lipinski definition) is 4. The maximum absolute atomic E-state index is 6.35. The Morgan fingerprint density at radius 2 is 1.18 bits per heavy atom. The van der Waals surface area contributed by atoms with Gasteiger partial charge < -0.3 is 8.83 Å². The molecule has 9 rings (SSSR count). The van der Waals surface area contributed by atoms with Crippen LogP contribution in [0.1, 0.15) is 0 Å². The van der Waals surface area contributed by atoms with Crippen LogP contribution in [-0.2, 0) is 0 Å². The minimum Gasteiger partial charge on any atom is -0.456 e. The molecule has 0 atom stereocenters. The molecule has 0 radical (unpaired) electrons. The smallest absolute Gasteiger partial charge is 0.180 e. The van der Waals surface area contributed by atoms with Crippen molar-refractivity contribution in [2.75, 3.05) is 0 Å². The molecule has 40 heavy (non-hydrogen) atoms. The molecule has 9 aromatic rings. The average molecular weight is 513 g/mol. The van der Waals surface area contributed by atoms with Crippen LogP contribution in [0.3, 0.4) is 0 Å². The van der Waals surface area contributed by atoms with Crippen molar-refractivity contribution in [2.24, 2.45) is 0 Å². The van der Waals surface area contributed by atoms with E-state index in [0.717, 1.165) is 55.2 Å². The van der Waals surface area contributed by atoms with E-state index >= 15 is 0 Å². The van der Waals surface area contributed by atoms with Crippen molar-refractivity contribution in [3.8, 4) is 22.6 Å². The largest absolute Gasteiger partial charge is 0.456 e. The molecule has 0 unspecified atom stereocenters. The summed E-state index contributed by atoms with van der Waals surface area (Å²) in [4.78, 5) is 10.2. The topological polar surface area (TPSA) is 52.1 Å². The first kappa shape index (κ1) is 21.5. The van der Waals surface area contributed by atoms with Crippen LogP contribution in [0.25, 0.3) is 88.2 Å². The average Bonchev–Trinajstić information content (AvgIpc) is 3.59. The van der Waals surface area contributed by atoms with Crippen LogP contribution in [0.5, 0.6) is 0 Å². The van der Waals surface area contributed by atoms with E-state index in [-0.39, 0.29) is 0 Å². The predicted octanol–water partition coefficient (Wildman–Crippen LogP) is 9.92. The molecule has 0 saturated carbocycles. The third-order valence-electron chi connectivity index (χ3n) is 7.87. The number of rotatable bonds is 2. The Kier molecular flexibility index (Phi) is 4.30. The second-order valence-electron chi connectivity index (χ2n) is 10.2. The van der Waals surface area contributed by atoms with Crippen molar-refractivity contribution >= 4 is 65.6 Å². The molecule has 0 aliphatic carbocycles. The highest BCUT2D eigenvalue weighted by Crippen LogP contribution is 2.40. The monoisotopic (exact) mass is 512 g/mol. The third-order valence-corrected chi connectivity index (χ3v) is 7.87. The summed E-state index contributed by atoms with van der Waals surface area (Å²) in [6, 6.07) is 41.5. The van der Waals surface area contributed by atoms with Gasteiger partial charge in [0.25, 0.3) is 0 Å². The standard InChI is InChI=1S/C36H20N2O2/c1-2-9-23(10-3-1)33-35-34(26-12-6-7-13-28(26)40-35)38-36(37-33)24-17-18-29-27(20-24)32-30(39-29)19-16-22-15-14-21-8-4-5-11-25(21)31(22)32/h1-20H. The zero-order valence-electron chi connectivity index (χ0n) is 21.3. The van der Waals surface area contributed by atoms with E-state index in [2.05, 4.69) is 72.8 Å². The van der Waals surface area contributed by atoms with Gasteiger partial charge in [0, 0.05) is 32.7 Å². The van der Waals surface area contributed by atoms with Crippen molar-refractivity contribution in [3.05, 3.63) is 121 Å². The van der Waals surface area contributed by atoms with Crippen molar-refractivity contribution in [1.29, 1.82) is 0 Å². The van der Waals surface area contributed by atoms with Crippen molar-refractivity contribution in [2.45, 2.75) is 0 Å². The highest BCUT2D eigenvalue weighted by molar-refractivity contribution is 6.26. The summed E-state index contributed by atoms with van der Waals surface area (Å²) in [5.41, 5.74) is 6.73. The molecule has 3 heterocycles. The lowest BCUT2D eigenvalue weighted by Crippen LogP contribution is -1.93. The first-order valence-corrected chi connectivity index (χ1v) is 13.3. The molecule has 186 valence electrons. The molecule has 0 saturated heterocycles. The molecule has 0 fully saturated rings. The summed E-state index contributed by atoms with van der Waals surface area (Å²) in [6.45, 7) is 0. The highest BCUT2D eigenvalue weighted by Gasteiger charge is 2.19. The van der Waals surface area contributed by atoms with E-state index in [0.29, 0.717) is 11.4 Å². The minimum atomic E-state index is 0.652. The Morgan fingerprint density at radius 1 is 0.450 bits per heavy atom. The summed E-state index contributed by atoms with van der Waals surface area (Å²) in [5.74, 6) is 0.652. The van der Waals surface area contributed by atoms with Crippen LogP contribution in [0.4, 0.5) is 0 Å². The van der Waals surface area contributed by atoms with Crippen LogP contribution in [-0.4, -0.2) is 9.97 Å². The van der Waals surface area contributed by atoms with Gasteiger partial charge >= 0.3 is 0 Å². The molecule has 0 bridgehead atoms. The van der Waals surface area contributed by atoms with Gasteiger partial charge in [-0.05, 0) is 52.6 Å². The highest BCUT2D eigenvalue weighted by atomic mass is 16.3. The van der Waals surface area contributed by atoms with Crippen molar-refractivity contribution in [3.63, 3.8) is 0 Å². The first-order valence-electron chi connectivity index (χ1n) is 13.3. The second-order valence-corrected chi connectivity index (χ2v) is 10.2. The Labute approximate surface area is 228 Å². The number of nitrogens with zero attached hydrogens (tertiary/aromatic N) is 2. The van der Waals surface area contributed by atoms with E-state index in [4.69, 9.17) is 18.8 Å². The van der Waals surface area contributed by atoms with Crippen LogP contribution >= 0.6 is 0 Å². The van der Waals surface area contributed by atoms with Crippen LogP contribution < -0.4 is 0 Å². The number of para-hydroxylation sites is 1. The Hall–Kier alpha value is -5.48. The van der Waals surface area contributed by atoms with E-state index < -0.39 is 0 Å².